The average molecular weight is 511 g/mol. The lowest BCUT2D eigenvalue weighted by atomic mass is 9.78. The molecule has 1 fully saturated rings. The maximum Gasteiger partial charge on any atom is 0.494 e. The predicted octanol–water partition coefficient (Wildman–Crippen LogP) is 5.92. The predicted molar refractivity (Wildman–Crippen MR) is 134 cm³/mol. The molecule has 5 rings (SSSR count). The number of fused-ring (bicyclic) bond motifs is 2. The number of nitrogens with one attached hydrogen (secondary N) is 2. The number of benzene rings is 2. The number of hydrogen-bond donors (Lipinski definition) is 2. The van der Waals surface area contributed by atoms with Crippen molar-refractivity contribution in [2.24, 2.45) is 0 Å². The first-order valence-electron chi connectivity index (χ1n) is 10.2. The lowest BCUT2D eigenvalue weighted by molar-refractivity contribution is 0.00578. The van der Waals surface area contributed by atoms with Crippen LogP contribution >= 0.6 is 15.9 Å². The van der Waals surface area contributed by atoms with E-state index in [2.05, 4.69) is 26.6 Å². The topological polar surface area (TPSA) is 42.5 Å². The first kappa shape index (κ1) is 26.6. The average Bonchev–Trinajstić information content (AvgIpc) is 3.34. The molecule has 0 bridgehead atoms. The molecule has 0 radical (unpaired) electrons. The standard InChI is InChI=1S/C14H19BFNO2.C8H7BrFN.2CH4/c1-13(2)14(3,4)19-15(18-13)10-7-9-5-6-17-12(9)11(16)8-10;9-6-3-5-1-2-11-8(5)7(10)4-6;;/h7-8,17H,5-6H2,1-4H3;3-4,11H,1-2H2;2*1H4. The summed E-state index contributed by atoms with van der Waals surface area (Å²) in [6.07, 6.45) is 1.77. The van der Waals surface area contributed by atoms with Crippen molar-refractivity contribution in [2.75, 3.05) is 23.7 Å². The highest BCUT2D eigenvalue weighted by atomic mass is 79.9. The first-order chi connectivity index (χ1) is 14.1. The normalized spacial score (nSPS) is 18.8. The Balaban J connectivity index is 0.000000241. The maximum atomic E-state index is 14.0. The van der Waals surface area contributed by atoms with Gasteiger partial charge in [-0.25, -0.2) is 8.78 Å². The van der Waals surface area contributed by atoms with E-state index in [0.29, 0.717) is 11.4 Å². The molecule has 4 nitrogen and oxygen atoms in total. The fourth-order valence-corrected chi connectivity index (χ4v) is 4.34. The van der Waals surface area contributed by atoms with Crippen LogP contribution in [0.5, 0.6) is 0 Å². The van der Waals surface area contributed by atoms with Crippen LogP contribution in [-0.2, 0) is 22.2 Å². The van der Waals surface area contributed by atoms with Crippen molar-refractivity contribution in [2.45, 2.75) is 66.6 Å². The van der Waals surface area contributed by atoms with Gasteiger partial charge in [-0.3, -0.25) is 0 Å². The third kappa shape index (κ3) is 4.97. The van der Waals surface area contributed by atoms with E-state index in [0.717, 1.165) is 47.0 Å². The van der Waals surface area contributed by atoms with Crippen molar-refractivity contribution in [1.82, 2.24) is 0 Å². The van der Waals surface area contributed by atoms with Crippen LogP contribution < -0.4 is 16.1 Å². The number of rotatable bonds is 1. The molecule has 2 N–H and O–H groups in total. The zero-order chi connectivity index (χ0) is 21.7. The van der Waals surface area contributed by atoms with Crippen LogP contribution in [0.1, 0.15) is 53.7 Å². The summed E-state index contributed by atoms with van der Waals surface area (Å²) in [5, 5.41) is 6.06. The highest BCUT2D eigenvalue weighted by molar-refractivity contribution is 9.10. The second-order valence-electron chi connectivity index (χ2n) is 8.90. The van der Waals surface area contributed by atoms with Gasteiger partial charge in [-0.1, -0.05) is 36.8 Å². The van der Waals surface area contributed by atoms with E-state index in [1.165, 1.54) is 12.1 Å². The summed E-state index contributed by atoms with van der Waals surface area (Å²) in [5.41, 5.74) is 3.34. The van der Waals surface area contributed by atoms with Crippen LogP contribution in [0, 0.1) is 11.6 Å². The van der Waals surface area contributed by atoms with Gasteiger partial charge in [0.05, 0.1) is 22.6 Å². The molecule has 176 valence electrons. The fourth-order valence-electron chi connectivity index (χ4n) is 3.86. The molecule has 1 saturated heterocycles. The Labute approximate surface area is 199 Å². The third-order valence-corrected chi connectivity index (χ3v) is 6.71. The quantitative estimate of drug-likeness (QED) is 0.467. The summed E-state index contributed by atoms with van der Waals surface area (Å²) in [6.45, 7) is 9.63. The zero-order valence-electron chi connectivity index (χ0n) is 17.7. The van der Waals surface area contributed by atoms with Crippen LogP contribution in [0.2, 0.25) is 0 Å². The molecule has 32 heavy (non-hydrogen) atoms. The molecule has 2 aromatic rings. The summed E-state index contributed by atoms with van der Waals surface area (Å²) < 4.78 is 39.8. The molecule has 0 aliphatic carbocycles. The minimum Gasteiger partial charge on any atom is -0.399 e. The largest absolute Gasteiger partial charge is 0.494 e. The highest BCUT2D eigenvalue weighted by Crippen LogP contribution is 2.37. The van der Waals surface area contributed by atoms with E-state index >= 15 is 0 Å². The summed E-state index contributed by atoms with van der Waals surface area (Å²) in [6, 6.07) is 6.94. The van der Waals surface area contributed by atoms with E-state index in [4.69, 9.17) is 9.31 Å². The maximum absolute atomic E-state index is 14.0. The van der Waals surface area contributed by atoms with E-state index in [1.54, 1.807) is 0 Å². The Kier molecular flexibility index (Phi) is 8.06. The molecule has 0 unspecified atom stereocenters. The van der Waals surface area contributed by atoms with Crippen LogP contribution in [-0.4, -0.2) is 31.4 Å². The van der Waals surface area contributed by atoms with Crippen molar-refractivity contribution < 1.29 is 18.1 Å². The number of anilines is 2. The fraction of sp³-hybridized carbons (Fsp3) is 0.500. The molecule has 0 spiro atoms. The SMILES string of the molecule is C.C.CC1(C)OB(c2cc(F)c3c(c2)CCN3)OC1(C)C.Fc1cc(Br)cc2c1NCC2. The third-order valence-electron chi connectivity index (χ3n) is 6.25. The van der Waals surface area contributed by atoms with Gasteiger partial charge < -0.3 is 19.9 Å². The van der Waals surface area contributed by atoms with Crippen molar-refractivity contribution in [3.8, 4) is 0 Å². The molecular weight excluding hydrogens is 477 g/mol. The molecule has 2 aromatic carbocycles. The van der Waals surface area contributed by atoms with Gasteiger partial charge in [0.15, 0.2) is 0 Å². The van der Waals surface area contributed by atoms with E-state index in [1.807, 2.05) is 39.8 Å². The van der Waals surface area contributed by atoms with Gasteiger partial charge in [-0.2, -0.15) is 0 Å². The van der Waals surface area contributed by atoms with Crippen LogP contribution in [0.25, 0.3) is 0 Å². The molecule has 0 atom stereocenters. The Bertz CT molecular complexity index is 969. The minimum atomic E-state index is -0.495. The monoisotopic (exact) mass is 510 g/mol. The molecule has 0 saturated carbocycles. The van der Waals surface area contributed by atoms with Crippen molar-refractivity contribution >= 4 is 39.9 Å². The lowest BCUT2D eigenvalue weighted by Crippen LogP contribution is -2.41. The van der Waals surface area contributed by atoms with E-state index in [9.17, 15) is 8.78 Å². The summed E-state index contributed by atoms with van der Waals surface area (Å²) in [4.78, 5) is 0. The van der Waals surface area contributed by atoms with Crippen LogP contribution in [0.4, 0.5) is 20.2 Å². The Morgan fingerprint density at radius 3 is 1.81 bits per heavy atom. The van der Waals surface area contributed by atoms with Gasteiger partial charge in [-0.15, -0.1) is 0 Å². The van der Waals surface area contributed by atoms with Crippen molar-refractivity contribution in [1.29, 1.82) is 0 Å². The molecule has 0 aromatic heterocycles. The van der Waals surface area contributed by atoms with Crippen LogP contribution in [0.3, 0.4) is 0 Å². The Morgan fingerprint density at radius 1 is 0.812 bits per heavy atom. The number of halogens is 3. The summed E-state index contributed by atoms with van der Waals surface area (Å²) >= 11 is 3.25. The van der Waals surface area contributed by atoms with Crippen LogP contribution in [0.15, 0.2) is 28.7 Å². The molecular formula is C24H34BBrF2N2O2. The van der Waals surface area contributed by atoms with Gasteiger partial charge in [0.1, 0.15) is 11.6 Å². The summed E-state index contributed by atoms with van der Waals surface area (Å²) in [5.74, 6) is -0.383. The van der Waals surface area contributed by atoms with Crippen molar-refractivity contribution in [3.05, 3.63) is 51.5 Å². The molecule has 3 aliphatic heterocycles. The Hall–Kier alpha value is -1.64. The van der Waals surface area contributed by atoms with Gasteiger partial charge in [0.25, 0.3) is 0 Å². The van der Waals surface area contributed by atoms with E-state index < -0.39 is 18.3 Å². The van der Waals surface area contributed by atoms with E-state index in [-0.39, 0.29) is 26.5 Å². The Morgan fingerprint density at radius 2 is 1.28 bits per heavy atom. The molecule has 0 amide bonds. The zero-order valence-corrected chi connectivity index (χ0v) is 19.3. The van der Waals surface area contributed by atoms with Gasteiger partial charge in [0, 0.05) is 17.6 Å². The highest BCUT2D eigenvalue weighted by Gasteiger charge is 2.52. The van der Waals surface area contributed by atoms with Gasteiger partial charge >= 0.3 is 7.12 Å². The van der Waals surface area contributed by atoms with Gasteiger partial charge in [0.2, 0.25) is 0 Å². The molecule has 3 heterocycles. The summed E-state index contributed by atoms with van der Waals surface area (Å²) in [7, 11) is -0.495. The van der Waals surface area contributed by atoms with Crippen molar-refractivity contribution in [3.63, 3.8) is 0 Å². The first-order valence-corrected chi connectivity index (χ1v) is 11.0. The minimum absolute atomic E-state index is 0. The smallest absolute Gasteiger partial charge is 0.399 e. The second-order valence-corrected chi connectivity index (χ2v) is 9.82. The van der Waals surface area contributed by atoms with Gasteiger partial charge in [-0.05, 0) is 75.3 Å². The molecule has 8 heteroatoms. The molecule has 3 aliphatic rings. The lowest BCUT2D eigenvalue weighted by Gasteiger charge is -2.32. The second kappa shape index (κ2) is 9.70. The number of hydrogen-bond acceptors (Lipinski definition) is 4.